The minimum atomic E-state index is -0.119. The van der Waals surface area contributed by atoms with Crippen LogP contribution in [0.1, 0.15) is 37.7 Å². The van der Waals surface area contributed by atoms with Crippen molar-refractivity contribution < 1.29 is 9.13 Å². The Morgan fingerprint density at radius 3 is 2.40 bits per heavy atom. The number of benzene rings is 1. The average molecular weight is 346 g/mol. The van der Waals surface area contributed by atoms with E-state index in [2.05, 4.69) is 9.80 Å². The van der Waals surface area contributed by atoms with Gasteiger partial charge >= 0.3 is 0 Å². The van der Waals surface area contributed by atoms with Gasteiger partial charge < -0.3 is 9.64 Å². The summed E-state index contributed by atoms with van der Waals surface area (Å²) in [7, 11) is 0. The maximum Gasteiger partial charge on any atom is 0.123 e. The lowest BCUT2D eigenvalue weighted by molar-refractivity contribution is 0.0270. The van der Waals surface area contributed by atoms with Gasteiger partial charge in [0.05, 0.1) is 6.61 Å². The highest BCUT2D eigenvalue weighted by Gasteiger charge is 2.37. The summed E-state index contributed by atoms with van der Waals surface area (Å²) >= 11 is 0. The van der Waals surface area contributed by atoms with Crippen LogP contribution in [0.4, 0.5) is 4.39 Å². The van der Waals surface area contributed by atoms with Crippen molar-refractivity contribution in [3.05, 3.63) is 35.6 Å². The van der Waals surface area contributed by atoms with E-state index in [1.807, 2.05) is 12.1 Å². The fourth-order valence-electron chi connectivity index (χ4n) is 4.88. The van der Waals surface area contributed by atoms with Crippen LogP contribution in [0.15, 0.2) is 24.3 Å². The zero-order chi connectivity index (χ0) is 17.1. The molecule has 0 aromatic heterocycles. The summed E-state index contributed by atoms with van der Waals surface area (Å²) in [5.74, 6) is 0.646. The Hall–Kier alpha value is -0.970. The highest BCUT2D eigenvalue weighted by molar-refractivity contribution is 5.16. The molecule has 1 atom stereocenters. The van der Waals surface area contributed by atoms with Crippen LogP contribution in [0.2, 0.25) is 0 Å². The molecule has 25 heavy (non-hydrogen) atoms. The molecule has 0 bridgehead atoms. The van der Waals surface area contributed by atoms with E-state index in [-0.39, 0.29) is 5.82 Å². The van der Waals surface area contributed by atoms with Gasteiger partial charge in [0.1, 0.15) is 5.82 Å². The van der Waals surface area contributed by atoms with Crippen molar-refractivity contribution in [1.82, 2.24) is 9.80 Å². The molecule has 4 heteroatoms. The number of nitrogens with zero attached hydrogens (tertiary/aromatic N) is 2. The van der Waals surface area contributed by atoms with Crippen LogP contribution in [-0.2, 0) is 11.3 Å². The standard InChI is InChI=1S/C21H31FN2O/c22-20-3-1-2-18(14-20)15-23-9-5-21(6-10-23)7-11-24(12-8-21)16-19-4-13-25-17-19/h1-3,14,19H,4-13,15-17H2/t19-/m0/s1. The molecule has 3 aliphatic heterocycles. The zero-order valence-corrected chi connectivity index (χ0v) is 15.3. The molecule has 0 saturated carbocycles. The molecule has 3 aliphatic rings. The van der Waals surface area contributed by atoms with Gasteiger partial charge in [0.2, 0.25) is 0 Å². The van der Waals surface area contributed by atoms with Crippen molar-refractivity contribution in [2.75, 3.05) is 45.9 Å². The molecule has 0 radical (unpaired) electrons. The van der Waals surface area contributed by atoms with Crippen LogP contribution in [0, 0.1) is 17.2 Å². The predicted octanol–water partition coefficient (Wildman–Crippen LogP) is 3.54. The first-order valence-electron chi connectivity index (χ1n) is 9.98. The topological polar surface area (TPSA) is 15.7 Å². The molecular formula is C21H31FN2O. The van der Waals surface area contributed by atoms with E-state index in [1.165, 1.54) is 57.8 Å². The third-order valence-electron chi connectivity index (χ3n) is 6.67. The van der Waals surface area contributed by atoms with Gasteiger partial charge in [0, 0.05) is 19.7 Å². The number of hydrogen-bond acceptors (Lipinski definition) is 3. The van der Waals surface area contributed by atoms with Crippen molar-refractivity contribution in [3.63, 3.8) is 0 Å². The summed E-state index contributed by atoms with van der Waals surface area (Å²) in [6.45, 7) is 8.91. The van der Waals surface area contributed by atoms with Gasteiger partial charge in [-0.2, -0.15) is 0 Å². The van der Waals surface area contributed by atoms with E-state index in [1.54, 1.807) is 6.07 Å². The number of ether oxygens (including phenoxy) is 1. The Bertz CT molecular complexity index is 555. The fraction of sp³-hybridized carbons (Fsp3) is 0.714. The summed E-state index contributed by atoms with van der Waals surface area (Å²) in [6, 6.07) is 7.07. The third kappa shape index (κ3) is 4.42. The van der Waals surface area contributed by atoms with E-state index >= 15 is 0 Å². The quantitative estimate of drug-likeness (QED) is 0.829. The van der Waals surface area contributed by atoms with E-state index in [4.69, 9.17) is 4.74 Å². The van der Waals surface area contributed by atoms with Crippen molar-refractivity contribution in [3.8, 4) is 0 Å². The van der Waals surface area contributed by atoms with E-state index < -0.39 is 0 Å². The zero-order valence-electron chi connectivity index (χ0n) is 15.3. The molecule has 1 aromatic carbocycles. The smallest absolute Gasteiger partial charge is 0.123 e. The molecule has 138 valence electrons. The summed E-state index contributed by atoms with van der Waals surface area (Å²) < 4.78 is 18.9. The lowest BCUT2D eigenvalue weighted by Gasteiger charge is -2.47. The molecule has 0 aliphatic carbocycles. The van der Waals surface area contributed by atoms with Crippen LogP contribution in [-0.4, -0.2) is 55.7 Å². The molecule has 0 N–H and O–H groups in total. The monoisotopic (exact) mass is 346 g/mol. The molecule has 3 fully saturated rings. The van der Waals surface area contributed by atoms with Crippen molar-refractivity contribution >= 4 is 0 Å². The highest BCUT2D eigenvalue weighted by Crippen LogP contribution is 2.41. The minimum absolute atomic E-state index is 0.119. The maximum atomic E-state index is 13.4. The average Bonchev–Trinajstić information content (AvgIpc) is 3.13. The number of halogens is 1. The van der Waals surface area contributed by atoms with E-state index in [9.17, 15) is 4.39 Å². The Morgan fingerprint density at radius 2 is 1.76 bits per heavy atom. The van der Waals surface area contributed by atoms with Gasteiger partial charge in [0.25, 0.3) is 0 Å². The predicted molar refractivity (Wildman–Crippen MR) is 97.9 cm³/mol. The molecule has 0 unspecified atom stereocenters. The fourth-order valence-corrected chi connectivity index (χ4v) is 4.88. The molecule has 3 heterocycles. The van der Waals surface area contributed by atoms with Crippen molar-refractivity contribution in [2.45, 2.75) is 38.6 Å². The molecule has 3 saturated heterocycles. The maximum absolute atomic E-state index is 13.4. The van der Waals surface area contributed by atoms with Gasteiger partial charge in [0.15, 0.2) is 0 Å². The summed E-state index contributed by atoms with van der Waals surface area (Å²) in [4.78, 5) is 5.17. The van der Waals surface area contributed by atoms with Crippen LogP contribution in [0.3, 0.4) is 0 Å². The van der Waals surface area contributed by atoms with Gasteiger partial charge in [-0.25, -0.2) is 4.39 Å². The minimum Gasteiger partial charge on any atom is -0.381 e. The molecule has 3 nitrogen and oxygen atoms in total. The molecular weight excluding hydrogens is 315 g/mol. The first kappa shape index (κ1) is 17.4. The second-order valence-electron chi connectivity index (χ2n) is 8.44. The first-order valence-corrected chi connectivity index (χ1v) is 9.98. The SMILES string of the molecule is Fc1cccc(CN2CCC3(CC2)CCN(C[C@@H]2CCOC2)CC3)c1. The van der Waals surface area contributed by atoms with Crippen molar-refractivity contribution in [2.24, 2.45) is 11.3 Å². The van der Waals surface area contributed by atoms with Crippen LogP contribution in [0.25, 0.3) is 0 Å². The van der Waals surface area contributed by atoms with E-state index in [0.717, 1.165) is 44.3 Å². The van der Waals surface area contributed by atoms with Crippen molar-refractivity contribution in [1.29, 1.82) is 0 Å². The third-order valence-corrected chi connectivity index (χ3v) is 6.67. The Balaban J connectivity index is 1.23. The number of rotatable bonds is 4. The number of likely N-dealkylation sites (tertiary alicyclic amines) is 2. The Morgan fingerprint density at radius 1 is 1.04 bits per heavy atom. The van der Waals surface area contributed by atoms with Gasteiger partial charge in [-0.15, -0.1) is 0 Å². The molecule has 1 aromatic rings. The van der Waals surface area contributed by atoms with Gasteiger partial charge in [-0.1, -0.05) is 12.1 Å². The van der Waals surface area contributed by atoms with Gasteiger partial charge in [-0.05, 0) is 87.3 Å². The van der Waals surface area contributed by atoms with Gasteiger partial charge in [-0.3, -0.25) is 4.90 Å². The number of hydrogen-bond donors (Lipinski definition) is 0. The molecule has 1 spiro atoms. The largest absolute Gasteiger partial charge is 0.381 e. The summed E-state index contributed by atoms with van der Waals surface area (Å²) in [5.41, 5.74) is 1.67. The summed E-state index contributed by atoms with van der Waals surface area (Å²) in [6.07, 6.45) is 6.57. The lowest BCUT2D eigenvalue weighted by atomic mass is 9.71. The Kier molecular flexibility index (Phi) is 5.39. The molecule has 0 amide bonds. The lowest BCUT2D eigenvalue weighted by Crippen LogP contribution is -2.47. The highest BCUT2D eigenvalue weighted by atomic mass is 19.1. The van der Waals surface area contributed by atoms with E-state index in [0.29, 0.717) is 5.41 Å². The molecule has 4 rings (SSSR count). The van der Waals surface area contributed by atoms with Crippen LogP contribution >= 0.6 is 0 Å². The number of piperidine rings is 2. The normalized spacial score (nSPS) is 27.8. The van der Waals surface area contributed by atoms with Crippen LogP contribution in [0.5, 0.6) is 0 Å². The van der Waals surface area contributed by atoms with Crippen LogP contribution < -0.4 is 0 Å². The first-order chi connectivity index (χ1) is 12.2. The second kappa shape index (κ2) is 7.73. The summed E-state index contributed by atoms with van der Waals surface area (Å²) in [5, 5.41) is 0. The Labute approximate surface area is 151 Å². The second-order valence-corrected chi connectivity index (χ2v) is 8.44.